The Labute approximate surface area is 155 Å². The summed E-state index contributed by atoms with van der Waals surface area (Å²) < 4.78 is 5.08. The van der Waals surface area contributed by atoms with Crippen LogP contribution < -0.4 is 15.4 Å². The van der Waals surface area contributed by atoms with Crippen molar-refractivity contribution in [2.75, 3.05) is 17.7 Å². The number of hydrogen-bond donors (Lipinski definition) is 2. The van der Waals surface area contributed by atoms with Gasteiger partial charge in [0.15, 0.2) is 5.69 Å². The van der Waals surface area contributed by atoms with Crippen LogP contribution in [0.1, 0.15) is 16.1 Å². The Kier molecular flexibility index (Phi) is 5.60. The molecule has 3 rings (SSSR count). The molecule has 0 unspecified atom stereocenters. The largest absolute Gasteiger partial charge is 0.495 e. The zero-order chi connectivity index (χ0) is 18.4. The maximum atomic E-state index is 12.3. The standard InChI is InChI=1S/C18H16ClN5O2/c1-26-16-4-2-13(10-14(16)19)22-18(25)15-3-5-17(24-23-15)21-11-12-6-8-20-9-7-12/h2-10H,11H2,1H3,(H,21,24)(H,22,25). The molecule has 2 aromatic heterocycles. The molecule has 2 heterocycles. The number of aromatic nitrogens is 3. The van der Waals surface area contributed by atoms with E-state index in [4.69, 9.17) is 16.3 Å². The number of carbonyl (C=O) groups excluding carboxylic acids is 1. The first kappa shape index (κ1) is 17.6. The van der Waals surface area contributed by atoms with Crippen molar-refractivity contribution >= 4 is 29.0 Å². The van der Waals surface area contributed by atoms with Crippen LogP contribution in [0.5, 0.6) is 5.75 Å². The molecule has 1 amide bonds. The van der Waals surface area contributed by atoms with E-state index in [-0.39, 0.29) is 11.6 Å². The van der Waals surface area contributed by atoms with Crippen LogP contribution in [0.25, 0.3) is 0 Å². The van der Waals surface area contributed by atoms with Crippen molar-refractivity contribution in [1.82, 2.24) is 15.2 Å². The van der Waals surface area contributed by atoms with Gasteiger partial charge >= 0.3 is 0 Å². The summed E-state index contributed by atoms with van der Waals surface area (Å²) in [5.74, 6) is 0.736. The summed E-state index contributed by atoms with van der Waals surface area (Å²) >= 11 is 6.05. The predicted octanol–water partition coefficient (Wildman–Crippen LogP) is 3.40. The second kappa shape index (κ2) is 8.26. The van der Waals surface area contributed by atoms with Gasteiger partial charge in [0, 0.05) is 24.6 Å². The molecule has 1 aromatic carbocycles. The van der Waals surface area contributed by atoms with Gasteiger partial charge in [-0.2, -0.15) is 0 Å². The quantitative estimate of drug-likeness (QED) is 0.692. The molecule has 0 atom stereocenters. The fraction of sp³-hybridized carbons (Fsp3) is 0.111. The van der Waals surface area contributed by atoms with Crippen molar-refractivity contribution < 1.29 is 9.53 Å². The van der Waals surface area contributed by atoms with Crippen LogP contribution in [-0.4, -0.2) is 28.2 Å². The number of nitrogens with one attached hydrogen (secondary N) is 2. The highest BCUT2D eigenvalue weighted by atomic mass is 35.5. The number of carbonyl (C=O) groups is 1. The van der Waals surface area contributed by atoms with Gasteiger partial charge in [-0.15, -0.1) is 10.2 Å². The van der Waals surface area contributed by atoms with E-state index in [1.54, 1.807) is 42.7 Å². The Balaban J connectivity index is 1.60. The second-order valence-corrected chi connectivity index (χ2v) is 5.72. The fourth-order valence-electron chi connectivity index (χ4n) is 2.18. The van der Waals surface area contributed by atoms with Gasteiger partial charge < -0.3 is 15.4 Å². The minimum atomic E-state index is -0.376. The van der Waals surface area contributed by atoms with Crippen molar-refractivity contribution in [2.24, 2.45) is 0 Å². The molecule has 0 saturated carbocycles. The van der Waals surface area contributed by atoms with Gasteiger partial charge in [0.2, 0.25) is 0 Å². The van der Waals surface area contributed by atoms with Crippen LogP contribution in [0, 0.1) is 0 Å². The van der Waals surface area contributed by atoms with E-state index in [2.05, 4.69) is 25.8 Å². The lowest BCUT2D eigenvalue weighted by Crippen LogP contribution is -2.15. The Morgan fingerprint density at radius 1 is 1.12 bits per heavy atom. The molecule has 7 nitrogen and oxygen atoms in total. The zero-order valence-corrected chi connectivity index (χ0v) is 14.7. The van der Waals surface area contributed by atoms with E-state index in [9.17, 15) is 4.79 Å². The Morgan fingerprint density at radius 3 is 2.58 bits per heavy atom. The number of methoxy groups -OCH3 is 1. The normalized spacial score (nSPS) is 10.2. The molecule has 0 bridgehead atoms. The Hall–Kier alpha value is -3.19. The first-order chi connectivity index (χ1) is 12.7. The van der Waals surface area contributed by atoms with Gasteiger partial charge in [-0.25, -0.2) is 0 Å². The number of benzene rings is 1. The first-order valence-electron chi connectivity index (χ1n) is 7.77. The van der Waals surface area contributed by atoms with Crippen molar-refractivity contribution in [3.63, 3.8) is 0 Å². The van der Waals surface area contributed by atoms with Crippen LogP contribution in [-0.2, 0) is 6.54 Å². The molecule has 132 valence electrons. The lowest BCUT2D eigenvalue weighted by molar-refractivity contribution is 0.102. The third kappa shape index (κ3) is 4.46. The molecule has 0 spiro atoms. The summed E-state index contributed by atoms with van der Waals surface area (Å²) in [6, 6.07) is 12.1. The van der Waals surface area contributed by atoms with Crippen LogP contribution in [0.4, 0.5) is 11.5 Å². The lowest BCUT2D eigenvalue weighted by Gasteiger charge is -2.08. The van der Waals surface area contributed by atoms with Crippen LogP contribution in [0.2, 0.25) is 5.02 Å². The van der Waals surface area contributed by atoms with Gasteiger partial charge in [0.1, 0.15) is 11.6 Å². The Morgan fingerprint density at radius 2 is 1.92 bits per heavy atom. The van der Waals surface area contributed by atoms with Crippen LogP contribution in [0.15, 0.2) is 54.9 Å². The molecule has 8 heteroatoms. The zero-order valence-electron chi connectivity index (χ0n) is 13.9. The highest BCUT2D eigenvalue weighted by Crippen LogP contribution is 2.27. The minimum absolute atomic E-state index is 0.200. The topological polar surface area (TPSA) is 89.0 Å². The van der Waals surface area contributed by atoms with E-state index in [1.807, 2.05) is 12.1 Å². The maximum Gasteiger partial charge on any atom is 0.276 e. The monoisotopic (exact) mass is 369 g/mol. The lowest BCUT2D eigenvalue weighted by atomic mass is 10.2. The molecular formula is C18H16ClN5O2. The third-order valence-electron chi connectivity index (χ3n) is 3.53. The smallest absolute Gasteiger partial charge is 0.276 e. The van der Waals surface area contributed by atoms with Crippen molar-refractivity contribution in [2.45, 2.75) is 6.54 Å². The first-order valence-corrected chi connectivity index (χ1v) is 8.15. The van der Waals surface area contributed by atoms with Gasteiger partial charge in [-0.05, 0) is 48.0 Å². The second-order valence-electron chi connectivity index (χ2n) is 5.32. The highest BCUT2D eigenvalue weighted by Gasteiger charge is 2.10. The summed E-state index contributed by atoms with van der Waals surface area (Å²) in [6.45, 7) is 0.590. The van der Waals surface area contributed by atoms with Gasteiger partial charge in [-0.1, -0.05) is 11.6 Å². The van der Waals surface area contributed by atoms with E-state index < -0.39 is 0 Å². The Bertz CT molecular complexity index is 888. The SMILES string of the molecule is COc1ccc(NC(=O)c2ccc(NCc3ccncc3)nn2)cc1Cl. The molecule has 0 fully saturated rings. The minimum Gasteiger partial charge on any atom is -0.495 e. The van der Waals surface area contributed by atoms with Gasteiger partial charge in [-0.3, -0.25) is 9.78 Å². The third-order valence-corrected chi connectivity index (χ3v) is 3.83. The number of anilines is 2. The molecule has 0 saturated heterocycles. The number of pyridine rings is 1. The van der Waals surface area contributed by atoms with Crippen LogP contribution in [0.3, 0.4) is 0 Å². The fourth-order valence-corrected chi connectivity index (χ4v) is 2.44. The molecule has 0 radical (unpaired) electrons. The number of nitrogens with zero attached hydrogens (tertiary/aromatic N) is 3. The molecular weight excluding hydrogens is 354 g/mol. The molecule has 3 aromatic rings. The summed E-state index contributed by atoms with van der Waals surface area (Å²) in [5.41, 5.74) is 1.81. The average molecular weight is 370 g/mol. The molecule has 26 heavy (non-hydrogen) atoms. The van der Waals surface area contributed by atoms with Gasteiger partial charge in [0.25, 0.3) is 5.91 Å². The van der Waals surface area contributed by atoms with E-state index in [1.165, 1.54) is 7.11 Å². The maximum absolute atomic E-state index is 12.3. The summed E-state index contributed by atoms with van der Waals surface area (Å²) in [4.78, 5) is 16.2. The van der Waals surface area contributed by atoms with Crippen molar-refractivity contribution in [3.8, 4) is 5.75 Å². The van der Waals surface area contributed by atoms with Crippen LogP contribution >= 0.6 is 11.6 Å². The van der Waals surface area contributed by atoms with Crippen molar-refractivity contribution in [1.29, 1.82) is 0 Å². The van der Waals surface area contributed by atoms with E-state index in [0.29, 0.717) is 28.8 Å². The molecule has 0 aliphatic heterocycles. The van der Waals surface area contributed by atoms with E-state index >= 15 is 0 Å². The number of rotatable bonds is 6. The predicted molar refractivity (Wildman–Crippen MR) is 99.6 cm³/mol. The molecule has 2 N–H and O–H groups in total. The molecule has 0 aliphatic carbocycles. The number of ether oxygens (including phenoxy) is 1. The van der Waals surface area contributed by atoms with Gasteiger partial charge in [0.05, 0.1) is 12.1 Å². The van der Waals surface area contributed by atoms with Crippen molar-refractivity contribution in [3.05, 3.63) is 71.1 Å². The highest BCUT2D eigenvalue weighted by molar-refractivity contribution is 6.32. The summed E-state index contributed by atoms with van der Waals surface area (Å²) in [6.07, 6.45) is 3.45. The molecule has 0 aliphatic rings. The number of amides is 1. The summed E-state index contributed by atoms with van der Waals surface area (Å²) in [7, 11) is 1.53. The number of halogens is 1. The van der Waals surface area contributed by atoms with E-state index in [0.717, 1.165) is 5.56 Å². The average Bonchev–Trinajstić information content (AvgIpc) is 2.68. The number of hydrogen-bond acceptors (Lipinski definition) is 6. The summed E-state index contributed by atoms with van der Waals surface area (Å²) in [5, 5.41) is 14.2.